The number of ether oxygens (including phenoxy) is 1. The molecule has 168 valence electrons. The van der Waals surface area contributed by atoms with Crippen molar-refractivity contribution in [2.45, 2.75) is 6.42 Å². The second-order valence-corrected chi connectivity index (χ2v) is 7.45. The highest BCUT2D eigenvalue weighted by Gasteiger charge is 2.25. The van der Waals surface area contributed by atoms with Crippen LogP contribution in [0.15, 0.2) is 66.7 Å². The monoisotopic (exact) mass is 446 g/mol. The van der Waals surface area contributed by atoms with Gasteiger partial charge in [0, 0.05) is 23.5 Å². The highest BCUT2D eigenvalue weighted by molar-refractivity contribution is 6.07. The van der Waals surface area contributed by atoms with Crippen molar-refractivity contribution in [3.8, 4) is 5.75 Å². The molecule has 0 aliphatic carbocycles. The van der Waals surface area contributed by atoms with Gasteiger partial charge in [0.1, 0.15) is 11.4 Å². The number of nitro benzene ring substituents is 1. The molecule has 1 heterocycles. The molecule has 0 saturated heterocycles. The molecule has 3 aromatic rings. The fourth-order valence-corrected chi connectivity index (χ4v) is 3.71. The molecule has 0 atom stereocenters. The zero-order valence-corrected chi connectivity index (χ0v) is 17.9. The molecule has 0 spiro atoms. The predicted molar refractivity (Wildman–Crippen MR) is 125 cm³/mol. The van der Waals surface area contributed by atoms with Gasteiger partial charge in [0.15, 0.2) is 0 Å². The number of hydrogen-bond acceptors (Lipinski definition) is 6. The van der Waals surface area contributed by atoms with Gasteiger partial charge < -0.3 is 20.3 Å². The minimum atomic E-state index is -0.583. The molecule has 2 N–H and O–H groups in total. The lowest BCUT2D eigenvalue weighted by Crippen LogP contribution is -2.28. The van der Waals surface area contributed by atoms with Crippen molar-refractivity contribution in [3.63, 3.8) is 0 Å². The second-order valence-electron chi connectivity index (χ2n) is 7.45. The van der Waals surface area contributed by atoms with Crippen molar-refractivity contribution in [2.24, 2.45) is 0 Å². The number of amides is 2. The topological polar surface area (TPSA) is 114 Å². The molecule has 0 radical (unpaired) electrons. The molecule has 4 rings (SSSR count). The minimum absolute atomic E-state index is 0.0731. The Balaban J connectivity index is 1.36. The highest BCUT2D eigenvalue weighted by Crippen LogP contribution is 2.30. The van der Waals surface area contributed by atoms with E-state index >= 15 is 0 Å². The number of benzene rings is 3. The lowest BCUT2D eigenvalue weighted by molar-refractivity contribution is -0.384. The number of methoxy groups -OCH3 is 1. The van der Waals surface area contributed by atoms with E-state index in [9.17, 15) is 19.7 Å². The van der Waals surface area contributed by atoms with Gasteiger partial charge in [-0.2, -0.15) is 0 Å². The van der Waals surface area contributed by atoms with Crippen LogP contribution < -0.4 is 20.3 Å². The van der Waals surface area contributed by atoms with E-state index in [1.807, 2.05) is 24.3 Å². The number of anilines is 3. The Bertz CT molecular complexity index is 1210. The van der Waals surface area contributed by atoms with E-state index in [0.717, 1.165) is 17.7 Å². The number of nitrogens with one attached hydrogen (secondary N) is 2. The van der Waals surface area contributed by atoms with E-state index in [4.69, 9.17) is 4.74 Å². The van der Waals surface area contributed by atoms with E-state index in [2.05, 4.69) is 10.6 Å². The molecule has 1 aliphatic rings. The van der Waals surface area contributed by atoms with Crippen molar-refractivity contribution >= 4 is 34.6 Å². The van der Waals surface area contributed by atoms with E-state index in [1.165, 1.54) is 25.3 Å². The lowest BCUT2D eigenvalue weighted by Gasteiger charge is -2.17. The number of nitrogens with zero attached hydrogens (tertiary/aromatic N) is 2. The third-order valence-corrected chi connectivity index (χ3v) is 5.39. The van der Waals surface area contributed by atoms with Crippen LogP contribution in [-0.2, 0) is 11.2 Å². The van der Waals surface area contributed by atoms with Gasteiger partial charge in [-0.05, 0) is 54.4 Å². The molecule has 2 amide bonds. The Kier molecular flexibility index (Phi) is 6.21. The zero-order chi connectivity index (χ0) is 23.4. The first-order valence-corrected chi connectivity index (χ1v) is 10.3. The number of carbonyl (C=O) groups is 2. The molecule has 33 heavy (non-hydrogen) atoms. The van der Waals surface area contributed by atoms with Gasteiger partial charge in [-0.25, -0.2) is 0 Å². The van der Waals surface area contributed by atoms with Gasteiger partial charge >= 0.3 is 0 Å². The number of rotatable bonds is 7. The summed E-state index contributed by atoms with van der Waals surface area (Å²) in [5, 5.41) is 16.7. The molecule has 0 bridgehead atoms. The van der Waals surface area contributed by atoms with Crippen LogP contribution in [0.4, 0.5) is 22.7 Å². The van der Waals surface area contributed by atoms with Crippen LogP contribution in [0.3, 0.4) is 0 Å². The molecular formula is C24H22N4O5. The third-order valence-electron chi connectivity index (χ3n) is 5.39. The SMILES string of the molecule is COc1ccc(NC(=O)CNc2ccc(C(=O)N3CCc4ccccc43)cc2)c([N+](=O)[O-])c1. The van der Waals surface area contributed by atoms with Crippen molar-refractivity contribution in [2.75, 3.05) is 35.7 Å². The molecule has 0 aromatic heterocycles. The Morgan fingerprint density at radius 2 is 1.85 bits per heavy atom. The predicted octanol–water partition coefficient (Wildman–Crippen LogP) is 3.86. The Hall–Kier alpha value is -4.40. The molecular weight excluding hydrogens is 424 g/mol. The summed E-state index contributed by atoms with van der Waals surface area (Å²) < 4.78 is 4.99. The van der Waals surface area contributed by atoms with Gasteiger partial charge in [0.05, 0.1) is 24.6 Å². The highest BCUT2D eigenvalue weighted by atomic mass is 16.6. The summed E-state index contributed by atoms with van der Waals surface area (Å²) in [6.07, 6.45) is 0.836. The van der Waals surface area contributed by atoms with Gasteiger partial charge in [0.25, 0.3) is 11.6 Å². The smallest absolute Gasteiger partial charge is 0.296 e. The Morgan fingerprint density at radius 1 is 1.09 bits per heavy atom. The first kappa shape index (κ1) is 21.8. The molecule has 9 nitrogen and oxygen atoms in total. The van der Waals surface area contributed by atoms with Crippen molar-refractivity contribution in [1.29, 1.82) is 0 Å². The zero-order valence-electron chi connectivity index (χ0n) is 17.9. The first-order valence-electron chi connectivity index (χ1n) is 10.3. The quantitative estimate of drug-likeness (QED) is 0.421. The fraction of sp³-hybridized carbons (Fsp3) is 0.167. The molecule has 0 fully saturated rings. The van der Waals surface area contributed by atoms with E-state index in [-0.39, 0.29) is 23.8 Å². The lowest BCUT2D eigenvalue weighted by atomic mass is 10.1. The van der Waals surface area contributed by atoms with Crippen LogP contribution in [0.2, 0.25) is 0 Å². The van der Waals surface area contributed by atoms with E-state index in [0.29, 0.717) is 23.5 Å². The summed E-state index contributed by atoms with van der Waals surface area (Å²) in [5.74, 6) is -0.196. The molecule has 0 saturated carbocycles. The summed E-state index contributed by atoms with van der Waals surface area (Å²) in [4.78, 5) is 37.6. The van der Waals surface area contributed by atoms with Crippen molar-refractivity contribution < 1.29 is 19.2 Å². The number of para-hydroxylation sites is 1. The maximum atomic E-state index is 12.9. The summed E-state index contributed by atoms with van der Waals surface area (Å²) in [6.45, 7) is 0.547. The number of hydrogen-bond donors (Lipinski definition) is 2. The number of carbonyl (C=O) groups excluding carboxylic acids is 2. The van der Waals surface area contributed by atoms with Crippen LogP contribution in [0.1, 0.15) is 15.9 Å². The fourth-order valence-electron chi connectivity index (χ4n) is 3.71. The summed E-state index contributed by atoms with van der Waals surface area (Å²) in [7, 11) is 1.41. The van der Waals surface area contributed by atoms with Crippen molar-refractivity contribution in [3.05, 3.63) is 88.0 Å². The van der Waals surface area contributed by atoms with Gasteiger partial charge in [-0.3, -0.25) is 19.7 Å². The summed E-state index contributed by atoms with van der Waals surface area (Å²) in [5.41, 5.74) is 3.12. The Labute approximate surface area is 190 Å². The average Bonchev–Trinajstić information content (AvgIpc) is 3.27. The van der Waals surface area contributed by atoms with Gasteiger partial charge in [-0.15, -0.1) is 0 Å². The molecule has 9 heteroatoms. The van der Waals surface area contributed by atoms with Crippen molar-refractivity contribution in [1.82, 2.24) is 0 Å². The van der Waals surface area contributed by atoms with Crippen LogP contribution in [0, 0.1) is 10.1 Å². The van der Waals surface area contributed by atoms with E-state index < -0.39 is 10.8 Å². The molecule has 3 aromatic carbocycles. The summed E-state index contributed by atoms with van der Waals surface area (Å²) in [6, 6.07) is 18.9. The molecule has 0 unspecified atom stereocenters. The maximum Gasteiger partial charge on any atom is 0.296 e. The largest absolute Gasteiger partial charge is 0.496 e. The first-order chi connectivity index (χ1) is 16.0. The van der Waals surface area contributed by atoms with Crippen LogP contribution >= 0.6 is 0 Å². The standard InChI is InChI=1S/C24H22N4O5/c1-33-19-10-11-20(22(14-19)28(31)32)26-23(29)15-25-18-8-6-17(7-9-18)24(30)27-13-12-16-4-2-3-5-21(16)27/h2-11,14,25H,12-13,15H2,1H3,(H,26,29). The number of nitro groups is 1. The third kappa shape index (κ3) is 4.77. The van der Waals surface area contributed by atoms with Gasteiger partial charge in [-0.1, -0.05) is 18.2 Å². The van der Waals surface area contributed by atoms with E-state index in [1.54, 1.807) is 29.2 Å². The number of fused-ring (bicyclic) bond motifs is 1. The average molecular weight is 446 g/mol. The van der Waals surface area contributed by atoms with Crippen LogP contribution in [0.5, 0.6) is 5.75 Å². The van der Waals surface area contributed by atoms with Gasteiger partial charge in [0.2, 0.25) is 5.91 Å². The normalized spacial score (nSPS) is 12.1. The van der Waals surface area contributed by atoms with Crippen LogP contribution in [0.25, 0.3) is 0 Å². The van der Waals surface area contributed by atoms with Crippen LogP contribution in [-0.4, -0.2) is 36.9 Å². The Morgan fingerprint density at radius 3 is 2.58 bits per heavy atom. The minimum Gasteiger partial charge on any atom is -0.496 e. The summed E-state index contributed by atoms with van der Waals surface area (Å²) >= 11 is 0. The second kappa shape index (κ2) is 9.39. The maximum absolute atomic E-state index is 12.9. The molecule has 1 aliphatic heterocycles.